The Balaban J connectivity index is 1.77. The Morgan fingerprint density at radius 3 is 2.81 bits per heavy atom. The van der Waals surface area contributed by atoms with Gasteiger partial charge in [0.1, 0.15) is 5.01 Å². The first kappa shape index (κ1) is 18.4. The Hall–Kier alpha value is -2.39. The molecule has 2 heterocycles. The average Bonchev–Trinajstić information content (AvgIpc) is 3.17. The molecule has 136 valence electrons. The third-order valence-electron chi connectivity index (χ3n) is 3.82. The molecule has 0 aliphatic heterocycles. The minimum atomic E-state index is -0.0780. The molecular formula is C17H20N6OS2. The highest BCUT2D eigenvalue weighted by Crippen LogP contribution is 2.28. The summed E-state index contributed by atoms with van der Waals surface area (Å²) in [6.07, 6.45) is 2.03. The number of carbonyl (C=O) groups excluding carboxylic acids is 1. The summed E-state index contributed by atoms with van der Waals surface area (Å²) >= 11 is 6.70. The van der Waals surface area contributed by atoms with E-state index in [0.717, 1.165) is 45.4 Å². The topological polar surface area (TPSA) is 84.2 Å². The monoisotopic (exact) mass is 388 g/mol. The van der Waals surface area contributed by atoms with Gasteiger partial charge in [0.05, 0.1) is 0 Å². The van der Waals surface area contributed by atoms with E-state index in [0.29, 0.717) is 11.5 Å². The Morgan fingerprint density at radius 2 is 2.12 bits per heavy atom. The van der Waals surface area contributed by atoms with Crippen LogP contribution in [0.1, 0.15) is 38.1 Å². The second-order valence-electron chi connectivity index (χ2n) is 5.85. The molecule has 2 N–H and O–H groups in total. The van der Waals surface area contributed by atoms with Gasteiger partial charge < -0.3 is 10.6 Å². The van der Waals surface area contributed by atoms with E-state index in [2.05, 4.69) is 25.9 Å². The molecule has 1 aromatic carbocycles. The van der Waals surface area contributed by atoms with Gasteiger partial charge in [-0.1, -0.05) is 25.2 Å². The molecule has 0 radical (unpaired) electrons. The van der Waals surface area contributed by atoms with Crippen LogP contribution in [0.2, 0.25) is 0 Å². The summed E-state index contributed by atoms with van der Waals surface area (Å²) in [5.41, 5.74) is 2.87. The van der Waals surface area contributed by atoms with E-state index in [1.165, 1.54) is 11.3 Å². The number of hydrogen-bond acceptors (Lipinski definition) is 6. The summed E-state index contributed by atoms with van der Waals surface area (Å²) in [7, 11) is 0. The highest BCUT2D eigenvalue weighted by Gasteiger charge is 2.13. The second kappa shape index (κ2) is 7.88. The molecule has 26 heavy (non-hydrogen) atoms. The number of nitrogens with one attached hydrogen (secondary N) is 2. The van der Waals surface area contributed by atoms with E-state index in [9.17, 15) is 4.79 Å². The maximum Gasteiger partial charge on any atom is 0.234 e. The van der Waals surface area contributed by atoms with Crippen LogP contribution in [0.4, 0.5) is 5.69 Å². The summed E-state index contributed by atoms with van der Waals surface area (Å²) in [4.78, 5) is 12.4. The zero-order chi connectivity index (χ0) is 18.7. The van der Waals surface area contributed by atoms with Crippen LogP contribution < -0.4 is 10.6 Å². The van der Waals surface area contributed by atoms with E-state index >= 15 is 0 Å². The number of benzene rings is 1. The van der Waals surface area contributed by atoms with E-state index in [4.69, 9.17) is 12.2 Å². The fourth-order valence-electron chi connectivity index (χ4n) is 2.50. The fourth-order valence-corrected chi connectivity index (χ4v) is 3.58. The standard InChI is InChI=1S/C17H20N6OS2/c1-4-6-14(24)19-16(25)18-12-8-7-11(9-10(12)3)15-22-23-13(5-2)20-21-17(23)26-15/h7-9H,4-6H2,1-3H3,(H2,18,19,24,25). The quantitative estimate of drug-likeness (QED) is 0.652. The first-order chi connectivity index (χ1) is 12.5. The van der Waals surface area contributed by atoms with Crippen LogP contribution in [-0.4, -0.2) is 30.8 Å². The van der Waals surface area contributed by atoms with Gasteiger partial charge in [0.2, 0.25) is 10.9 Å². The van der Waals surface area contributed by atoms with Gasteiger partial charge in [-0.25, -0.2) is 0 Å². The normalized spacial score (nSPS) is 10.9. The molecule has 0 aliphatic carbocycles. The van der Waals surface area contributed by atoms with Crippen molar-refractivity contribution in [2.24, 2.45) is 0 Å². The number of aryl methyl sites for hydroxylation is 2. The fraction of sp³-hybridized carbons (Fsp3) is 0.353. The number of amides is 1. The number of carbonyl (C=O) groups is 1. The molecule has 0 saturated carbocycles. The van der Waals surface area contributed by atoms with Crippen LogP contribution in [0, 0.1) is 6.92 Å². The molecule has 1 amide bonds. The van der Waals surface area contributed by atoms with Gasteiger partial charge in [-0.2, -0.15) is 9.61 Å². The SMILES string of the molecule is CCCC(=O)NC(=S)Nc1ccc(-c2nn3c(CC)nnc3s2)cc1C. The van der Waals surface area contributed by atoms with Crippen molar-refractivity contribution in [3.8, 4) is 10.6 Å². The number of hydrogen-bond donors (Lipinski definition) is 2. The predicted molar refractivity (Wildman–Crippen MR) is 107 cm³/mol. The number of aromatic nitrogens is 4. The van der Waals surface area contributed by atoms with Crippen molar-refractivity contribution in [2.75, 3.05) is 5.32 Å². The molecule has 3 aromatic rings. The molecule has 2 aromatic heterocycles. The number of rotatable bonds is 5. The number of nitrogens with zero attached hydrogens (tertiary/aromatic N) is 4. The van der Waals surface area contributed by atoms with Gasteiger partial charge in [-0.3, -0.25) is 4.79 Å². The van der Waals surface area contributed by atoms with Crippen LogP contribution in [-0.2, 0) is 11.2 Å². The number of fused-ring (bicyclic) bond motifs is 1. The number of anilines is 1. The summed E-state index contributed by atoms with van der Waals surface area (Å²) in [6.45, 7) is 5.97. The first-order valence-electron chi connectivity index (χ1n) is 8.44. The minimum Gasteiger partial charge on any atom is -0.332 e. The summed E-state index contributed by atoms with van der Waals surface area (Å²) in [5.74, 6) is 0.774. The van der Waals surface area contributed by atoms with Crippen LogP contribution in [0.5, 0.6) is 0 Å². The van der Waals surface area contributed by atoms with Crippen molar-refractivity contribution in [3.05, 3.63) is 29.6 Å². The Morgan fingerprint density at radius 1 is 1.31 bits per heavy atom. The van der Waals surface area contributed by atoms with E-state index in [1.54, 1.807) is 4.52 Å². The van der Waals surface area contributed by atoms with Crippen molar-refractivity contribution >= 4 is 45.2 Å². The lowest BCUT2D eigenvalue weighted by molar-refractivity contribution is -0.119. The summed E-state index contributed by atoms with van der Waals surface area (Å²) in [6, 6.07) is 5.95. The van der Waals surface area contributed by atoms with Gasteiger partial charge >= 0.3 is 0 Å². The van der Waals surface area contributed by atoms with E-state index < -0.39 is 0 Å². The van der Waals surface area contributed by atoms with Gasteiger partial charge in [-0.05, 0) is 49.3 Å². The minimum absolute atomic E-state index is 0.0780. The van der Waals surface area contributed by atoms with Crippen molar-refractivity contribution in [1.82, 2.24) is 25.1 Å². The van der Waals surface area contributed by atoms with Crippen molar-refractivity contribution in [3.63, 3.8) is 0 Å². The zero-order valence-corrected chi connectivity index (χ0v) is 16.5. The Labute approximate surface area is 160 Å². The van der Waals surface area contributed by atoms with Gasteiger partial charge in [0.25, 0.3) is 0 Å². The first-order valence-corrected chi connectivity index (χ1v) is 9.67. The van der Waals surface area contributed by atoms with E-state index in [-0.39, 0.29) is 5.91 Å². The predicted octanol–water partition coefficient (Wildman–Crippen LogP) is 3.34. The molecule has 0 spiro atoms. The third-order valence-corrected chi connectivity index (χ3v) is 4.98. The van der Waals surface area contributed by atoms with Crippen LogP contribution in [0.15, 0.2) is 18.2 Å². The molecule has 7 nitrogen and oxygen atoms in total. The largest absolute Gasteiger partial charge is 0.332 e. The smallest absolute Gasteiger partial charge is 0.234 e. The second-order valence-corrected chi connectivity index (χ2v) is 7.22. The molecule has 0 aliphatic rings. The van der Waals surface area contributed by atoms with Gasteiger partial charge in [-0.15, -0.1) is 10.2 Å². The Kier molecular flexibility index (Phi) is 5.58. The highest BCUT2D eigenvalue weighted by molar-refractivity contribution is 7.80. The van der Waals surface area contributed by atoms with Gasteiger partial charge in [0.15, 0.2) is 10.9 Å². The molecule has 3 rings (SSSR count). The molecule has 0 fully saturated rings. The molecule has 0 bridgehead atoms. The average molecular weight is 389 g/mol. The van der Waals surface area contributed by atoms with Crippen LogP contribution in [0.25, 0.3) is 15.5 Å². The molecule has 0 unspecified atom stereocenters. The Bertz CT molecular complexity index is 961. The maximum absolute atomic E-state index is 11.6. The molecule has 9 heteroatoms. The summed E-state index contributed by atoms with van der Waals surface area (Å²) < 4.78 is 1.79. The lowest BCUT2D eigenvalue weighted by Gasteiger charge is -2.12. The molecular weight excluding hydrogens is 368 g/mol. The van der Waals surface area contributed by atoms with Gasteiger partial charge in [0, 0.05) is 24.1 Å². The molecule has 0 atom stereocenters. The van der Waals surface area contributed by atoms with Crippen LogP contribution >= 0.6 is 23.6 Å². The maximum atomic E-state index is 11.6. The van der Waals surface area contributed by atoms with E-state index in [1.807, 2.05) is 39.0 Å². The summed E-state index contributed by atoms with van der Waals surface area (Å²) in [5, 5.41) is 19.8. The lowest BCUT2D eigenvalue weighted by atomic mass is 10.1. The zero-order valence-electron chi connectivity index (χ0n) is 14.9. The lowest BCUT2D eigenvalue weighted by Crippen LogP contribution is -2.34. The van der Waals surface area contributed by atoms with Crippen molar-refractivity contribution in [2.45, 2.75) is 40.0 Å². The highest BCUT2D eigenvalue weighted by atomic mass is 32.1. The molecule has 0 saturated heterocycles. The van der Waals surface area contributed by atoms with Crippen molar-refractivity contribution in [1.29, 1.82) is 0 Å². The van der Waals surface area contributed by atoms with Crippen molar-refractivity contribution < 1.29 is 4.79 Å². The van der Waals surface area contributed by atoms with Crippen LogP contribution in [0.3, 0.4) is 0 Å². The number of thiocarbonyl (C=S) groups is 1. The third kappa shape index (κ3) is 3.88.